The molecule has 0 spiro atoms. The summed E-state index contributed by atoms with van der Waals surface area (Å²) in [5, 5.41) is 12.9. The molecular formula is C12H15N3. The van der Waals surface area contributed by atoms with Crippen LogP contribution in [0.1, 0.15) is 32.0 Å². The van der Waals surface area contributed by atoms with Crippen molar-refractivity contribution in [3.05, 3.63) is 35.7 Å². The van der Waals surface area contributed by atoms with Crippen molar-refractivity contribution in [2.24, 2.45) is 0 Å². The third kappa shape index (κ3) is 1.99. The second-order valence-electron chi connectivity index (χ2n) is 2.84. The molecule has 3 nitrogen and oxygen atoms in total. The van der Waals surface area contributed by atoms with E-state index in [1.54, 1.807) is 16.8 Å². The van der Waals surface area contributed by atoms with Gasteiger partial charge in [-0.05, 0) is 24.1 Å². The summed E-state index contributed by atoms with van der Waals surface area (Å²) < 4.78 is 1.68. The number of hydrogen-bond donors (Lipinski definition) is 0. The lowest BCUT2D eigenvalue weighted by Crippen LogP contribution is -1.96. The van der Waals surface area contributed by atoms with Crippen molar-refractivity contribution in [3.8, 4) is 6.07 Å². The first-order valence-electron chi connectivity index (χ1n) is 5.22. The Balaban J connectivity index is 0.000000531. The van der Waals surface area contributed by atoms with Gasteiger partial charge in [-0.3, -0.25) is 0 Å². The summed E-state index contributed by atoms with van der Waals surface area (Å²) in [5.74, 6) is 0. The van der Waals surface area contributed by atoms with E-state index in [0.29, 0.717) is 5.69 Å². The summed E-state index contributed by atoms with van der Waals surface area (Å²) in [6.45, 7) is 6.09. The highest BCUT2D eigenvalue weighted by atomic mass is 15.2. The van der Waals surface area contributed by atoms with E-state index < -0.39 is 0 Å². The summed E-state index contributed by atoms with van der Waals surface area (Å²) in [6.07, 6.45) is 2.68. The standard InChI is InChI=1S/C10H9N3.C2H6/c1-2-8-3-4-9(7-11)13-10(8)5-6-12-13;1-2/h3-6H,2H2,1H3;1-2H3. The molecule has 15 heavy (non-hydrogen) atoms. The molecule has 0 saturated heterocycles. The lowest BCUT2D eigenvalue weighted by Gasteiger charge is -2.01. The molecule has 0 radical (unpaired) electrons. The van der Waals surface area contributed by atoms with E-state index in [1.165, 1.54) is 5.56 Å². The minimum Gasteiger partial charge on any atom is -0.223 e. The second kappa shape index (κ2) is 5.16. The van der Waals surface area contributed by atoms with Gasteiger partial charge < -0.3 is 0 Å². The van der Waals surface area contributed by atoms with Crippen LogP contribution in [0.3, 0.4) is 0 Å². The van der Waals surface area contributed by atoms with Crippen LogP contribution in [0.5, 0.6) is 0 Å². The monoisotopic (exact) mass is 201 g/mol. The van der Waals surface area contributed by atoms with Gasteiger partial charge in [0.15, 0.2) is 0 Å². The lowest BCUT2D eigenvalue weighted by atomic mass is 10.1. The minimum atomic E-state index is 0.581. The molecule has 0 fully saturated rings. The van der Waals surface area contributed by atoms with E-state index in [1.807, 2.05) is 26.0 Å². The Morgan fingerprint density at radius 3 is 2.67 bits per heavy atom. The Hall–Kier alpha value is -1.82. The van der Waals surface area contributed by atoms with Gasteiger partial charge in [0.2, 0.25) is 0 Å². The SMILES string of the molecule is CC.CCc1ccc(C#N)n2nccc12. The fourth-order valence-corrected chi connectivity index (χ4v) is 1.46. The van der Waals surface area contributed by atoms with Crippen molar-refractivity contribution in [3.63, 3.8) is 0 Å². The zero-order chi connectivity index (χ0) is 11.3. The van der Waals surface area contributed by atoms with Gasteiger partial charge in [-0.25, -0.2) is 4.52 Å². The summed E-state index contributed by atoms with van der Waals surface area (Å²) in [5.41, 5.74) is 2.83. The van der Waals surface area contributed by atoms with Gasteiger partial charge in [0, 0.05) is 0 Å². The fourth-order valence-electron chi connectivity index (χ4n) is 1.46. The minimum absolute atomic E-state index is 0.581. The average molecular weight is 201 g/mol. The maximum Gasteiger partial charge on any atom is 0.142 e. The van der Waals surface area contributed by atoms with Crippen LogP contribution in [-0.2, 0) is 6.42 Å². The molecule has 2 rings (SSSR count). The number of rotatable bonds is 1. The van der Waals surface area contributed by atoms with Gasteiger partial charge >= 0.3 is 0 Å². The molecule has 2 heterocycles. The number of fused-ring (bicyclic) bond motifs is 1. The molecule has 0 saturated carbocycles. The molecule has 3 heteroatoms. The highest BCUT2D eigenvalue weighted by molar-refractivity contribution is 5.56. The molecule has 0 aliphatic heterocycles. The predicted molar refractivity (Wildman–Crippen MR) is 60.6 cm³/mol. The summed E-state index contributed by atoms with van der Waals surface area (Å²) in [6, 6.07) is 7.82. The molecule has 2 aromatic rings. The topological polar surface area (TPSA) is 41.1 Å². The van der Waals surface area contributed by atoms with E-state index in [4.69, 9.17) is 5.26 Å². The van der Waals surface area contributed by atoms with Crippen LogP contribution in [0.2, 0.25) is 0 Å². The molecule has 0 atom stereocenters. The van der Waals surface area contributed by atoms with E-state index in [-0.39, 0.29) is 0 Å². The number of aromatic nitrogens is 2. The van der Waals surface area contributed by atoms with Crippen molar-refractivity contribution in [1.82, 2.24) is 9.61 Å². The fraction of sp³-hybridized carbons (Fsp3) is 0.333. The summed E-state index contributed by atoms with van der Waals surface area (Å²) in [4.78, 5) is 0. The third-order valence-corrected chi connectivity index (χ3v) is 2.14. The van der Waals surface area contributed by atoms with E-state index >= 15 is 0 Å². The van der Waals surface area contributed by atoms with Crippen LogP contribution in [0.4, 0.5) is 0 Å². The van der Waals surface area contributed by atoms with Crippen molar-refractivity contribution in [2.75, 3.05) is 0 Å². The highest BCUT2D eigenvalue weighted by Crippen LogP contribution is 2.12. The number of nitrogens with zero attached hydrogens (tertiary/aromatic N) is 3. The average Bonchev–Trinajstić information content (AvgIpc) is 2.79. The molecule has 2 aromatic heterocycles. The van der Waals surface area contributed by atoms with Crippen LogP contribution in [-0.4, -0.2) is 9.61 Å². The van der Waals surface area contributed by atoms with Gasteiger partial charge in [0.25, 0.3) is 0 Å². The molecule has 0 aromatic carbocycles. The quantitative estimate of drug-likeness (QED) is 0.711. The zero-order valence-corrected chi connectivity index (χ0v) is 9.36. The number of pyridine rings is 1. The molecule has 0 aliphatic rings. The summed E-state index contributed by atoms with van der Waals surface area (Å²) in [7, 11) is 0. The molecule has 0 amide bonds. The first kappa shape index (κ1) is 11.3. The molecule has 0 aliphatic carbocycles. The van der Waals surface area contributed by atoms with Crippen molar-refractivity contribution in [1.29, 1.82) is 5.26 Å². The number of aryl methyl sites for hydroxylation is 1. The number of nitriles is 1. The van der Waals surface area contributed by atoms with Crippen LogP contribution >= 0.6 is 0 Å². The smallest absolute Gasteiger partial charge is 0.142 e. The Labute approximate surface area is 90.0 Å². The first-order chi connectivity index (χ1) is 7.36. The Kier molecular flexibility index (Phi) is 3.87. The third-order valence-electron chi connectivity index (χ3n) is 2.14. The van der Waals surface area contributed by atoms with Crippen LogP contribution < -0.4 is 0 Å². The van der Waals surface area contributed by atoms with Crippen LogP contribution in [0, 0.1) is 11.3 Å². The van der Waals surface area contributed by atoms with Crippen molar-refractivity contribution >= 4 is 5.52 Å². The Bertz CT molecular complexity index is 477. The first-order valence-corrected chi connectivity index (χ1v) is 5.22. The Morgan fingerprint density at radius 2 is 2.07 bits per heavy atom. The molecular weight excluding hydrogens is 186 g/mol. The van der Waals surface area contributed by atoms with Crippen molar-refractivity contribution < 1.29 is 0 Å². The van der Waals surface area contributed by atoms with E-state index in [0.717, 1.165) is 11.9 Å². The van der Waals surface area contributed by atoms with Gasteiger partial charge in [-0.15, -0.1) is 0 Å². The van der Waals surface area contributed by atoms with Crippen molar-refractivity contribution in [2.45, 2.75) is 27.2 Å². The summed E-state index contributed by atoms with van der Waals surface area (Å²) >= 11 is 0. The molecule has 0 unspecified atom stereocenters. The second-order valence-corrected chi connectivity index (χ2v) is 2.84. The maximum absolute atomic E-state index is 8.81. The molecule has 78 valence electrons. The normalized spacial score (nSPS) is 9.20. The molecule has 0 bridgehead atoms. The Morgan fingerprint density at radius 1 is 1.33 bits per heavy atom. The van der Waals surface area contributed by atoms with E-state index in [2.05, 4.69) is 18.1 Å². The predicted octanol–water partition coefficient (Wildman–Crippen LogP) is 2.79. The van der Waals surface area contributed by atoms with Crippen LogP contribution in [0.15, 0.2) is 24.4 Å². The molecule has 0 N–H and O–H groups in total. The maximum atomic E-state index is 8.81. The van der Waals surface area contributed by atoms with Gasteiger partial charge in [0.1, 0.15) is 11.8 Å². The van der Waals surface area contributed by atoms with E-state index in [9.17, 15) is 0 Å². The van der Waals surface area contributed by atoms with Gasteiger partial charge in [-0.2, -0.15) is 10.4 Å². The van der Waals surface area contributed by atoms with Gasteiger partial charge in [0.05, 0.1) is 11.7 Å². The lowest BCUT2D eigenvalue weighted by molar-refractivity contribution is 0.928. The zero-order valence-electron chi connectivity index (χ0n) is 9.36. The highest BCUT2D eigenvalue weighted by Gasteiger charge is 2.03. The van der Waals surface area contributed by atoms with Gasteiger partial charge in [-0.1, -0.05) is 26.8 Å². The van der Waals surface area contributed by atoms with Crippen LogP contribution in [0.25, 0.3) is 5.52 Å². The largest absolute Gasteiger partial charge is 0.223 e. The number of hydrogen-bond acceptors (Lipinski definition) is 2.